The van der Waals surface area contributed by atoms with Crippen LogP contribution in [0.2, 0.25) is 5.02 Å². The van der Waals surface area contributed by atoms with Gasteiger partial charge in [-0.15, -0.1) is 11.3 Å². The maximum Gasteiger partial charge on any atom is 0.352 e. The van der Waals surface area contributed by atoms with Gasteiger partial charge in [-0.3, -0.25) is 0 Å². The van der Waals surface area contributed by atoms with Crippen molar-refractivity contribution in [3.8, 4) is 0 Å². The van der Waals surface area contributed by atoms with E-state index in [2.05, 4.69) is 4.98 Å². The van der Waals surface area contributed by atoms with Crippen molar-refractivity contribution in [1.29, 1.82) is 0 Å². The quantitative estimate of drug-likeness (QED) is 0.932. The second kappa shape index (κ2) is 4.50. The molecule has 1 unspecified atom stereocenters. The molecule has 0 aliphatic heterocycles. The lowest BCUT2D eigenvalue weighted by Gasteiger charge is -2.12. The molecule has 2 heterocycles. The minimum absolute atomic E-state index is 0.132. The maximum absolute atomic E-state index is 11.1. The molecule has 0 saturated carbocycles. The second-order valence-corrected chi connectivity index (χ2v) is 5.44. The van der Waals surface area contributed by atoms with Crippen molar-refractivity contribution in [1.82, 2.24) is 9.55 Å². The van der Waals surface area contributed by atoms with Gasteiger partial charge in [-0.2, -0.15) is 0 Å². The number of thiazole rings is 1. The van der Waals surface area contributed by atoms with Crippen molar-refractivity contribution in [2.45, 2.75) is 19.9 Å². The van der Waals surface area contributed by atoms with Crippen LogP contribution in [0.3, 0.4) is 0 Å². The van der Waals surface area contributed by atoms with Crippen molar-refractivity contribution >= 4 is 28.9 Å². The lowest BCUT2D eigenvalue weighted by Crippen LogP contribution is -2.12. The average Bonchev–Trinajstić information content (AvgIpc) is 2.83. The number of aryl methyl sites for hydroxylation is 1. The lowest BCUT2D eigenvalue weighted by molar-refractivity contribution is 0.0684. The summed E-state index contributed by atoms with van der Waals surface area (Å²) in [4.78, 5) is 16.4. The van der Waals surface area contributed by atoms with Crippen LogP contribution in [0.5, 0.6) is 0 Å². The van der Waals surface area contributed by atoms with Gasteiger partial charge in [0.15, 0.2) is 0 Å². The van der Waals surface area contributed by atoms with Gasteiger partial charge in [0.1, 0.15) is 10.7 Å². The molecule has 4 nitrogen and oxygen atoms in total. The standard InChI is InChI=1S/C11H11ClN2O2S/c1-6-4-13-10(17-6)7(2)14-5-8(12)3-9(14)11(15)16/h3-5,7H,1-2H3,(H,15,16). The van der Waals surface area contributed by atoms with Gasteiger partial charge >= 0.3 is 5.97 Å². The van der Waals surface area contributed by atoms with Gasteiger partial charge in [0.05, 0.1) is 11.1 Å². The van der Waals surface area contributed by atoms with E-state index >= 15 is 0 Å². The smallest absolute Gasteiger partial charge is 0.352 e. The van der Waals surface area contributed by atoms with Gasteiger partial charge in [-0.25, -0.2) is 9.78 Å². The Hall–Kier alpha value is -1.33. The zero-order valence-corrected chi connectivity index (χ0v) is 10.9. The summed E-state index contributed by atoms with van der Waals surface area (Å²) in [5.41, 5.74) is 0.176. The molecule has 0 radical (unpaired) electrons. The van der Waals surface area contributed by atoms with Crippen LogP contribution in [-0.2, 0) is 0 Å². The van der Waals surface area contributed by atoms with Crippen molar-refractivity contribution in [2.75, 3.05) is 0 Å². The van der Waals surface area contributed by atoms with E-state index < -0.39 is 5.97 Å². The molecule has 0 amide bonds. The first-order valence-corrected chi connectivity index (χ1v) is 6.21. The molecule has 0 aliphatic rings. The zero-order chi connectivity index (χ0) is 12.6. The summed E-state index contributed by atoms with van der Waals surface area (Å²) in [6.45, 7) is 3.87. The van der Waals surface area contributed by atoms with Gasteiger partial charge in [0.2, 0.25) is 0 Å². The average molecular weight is 271 g/mol. The summed E-state index contributed by atoms with van der Waals surface area (Å²) >= 11 is 7.40. The molecule has 2 rings (SSSR count). The van der Waals surface area contributed by atoms with Crippen LogP contribution in [0.25, 0.3) is 0 Å². The maximum atomic E-state index is 11.1. The molecule has 1 N–H and O–H groups in total. The van der Waals surface area contributed by atoms with Crippen LogP contribution in [0, 0.1) is 6.92 Å². The van der Waals surface area contributed by atoms with Crippen molar-refractivity contribution < 1.29 is 9.90 Å². The number of halogens is 1. The number of carbonyl (C=O) groups is 1. The zero-order valence-electron chi connectivity index (χ0n) is 9.35. The fourth-order valence-corrected chi connectivity index (χ4v) is 2.66. The number of hydrogen-bond donors (Lipinski definition) is 1. The number of carboxylic acids is 1. The van der Waals surface area contributed by atoms with Crippen LogP contribution < -0.4 is 0 Å². The highest BCUT2D eigenvalue weighted by Gasteiger charge is 2.19. The van der Waals surface area contributed by atoms with Crippen LogP contribution in [0.1, 0.15) is 33.3 Å². The highest BCUT2D eigenvalue weighted by Crippen LogP contribution is 2.26. The van der Waals surface area contributed by atoms with Crippen LogP contribution in [0.15, 0.2) is 18.5 Å². The summed E-state index contributed by atoms with van der Waals surface area (Å²) in [7, 11) is 0. The normalized spacial score (nSPS) is 12.6. The fraction of sp³-hybridized carbons (Fsp3) is 0.273. The predicted octanol–water partition coefficient (Wildman–Crippen LogP) is 3.21. The molecule has 17 heavy (non-hydrogen) atoms. The Morgan fingerprint density at radius 3 is 2.88 bits per heavy atom. The minimum Gasteiger partial charge on any atom is -0.477 e. The van der Waals surface area contributed by atoms with Crippen LogP contribution in [0.4, 0.5) is 0 Å². The Morgan fingerprint density at radius 1 is 1.65 bits per heavy atom. The topological polar surface area (TPSA) is 55.1 Å². The molecule has 0 fully saturated rings. The Balaban J connectivity index is 2.43. The molecule has 6 heteroatoms. The highest BCUT2D eigenvalue weighted by atomic mass is 35.5. The summed E-state index contributed by atoms with van der Waals surface area (Å²) in [6, 6.07) is 1.31. The SMILES string of the molecule is Cc1cnc(C(C)n2cc(Cl)cc2C(=O)O)s1. The van der Waals surface area contributed by atoms with Gasteiger partial charge in [-0.05, 0) is 19.9 Å². The first kappa shape index (κ1) is 12.1. The number of rotatable bonds is 3. The molecule has 0 spiro atoms. The number of carboxylic acid groups (broad SMARTS) is 1. The van der Waals surface area contributed by atoms with Crippen LogP contribution >= 0.6 is 22.9 Å². The van der Waals surface area contributed by atoms with E-state index in [9.17, 15) is 4.79 Å². The molecule has 0 aliphatic carbocycles. The molecular weight excluding hydrogens is 260 g/mol. The first-order chi connectivity index (χ1) is 7.99. The highest BCUT2D eigenvalue weighted by molar-refractivity contribution is 7.11. The van der Waals surface area contributed by atoms with Crippen molar-refractivity contribution in [3.05, 3.63) is 39.1 Å². The molecule has 0 saturated heterocycles. The Bertz CT molecular complexity index is 562. The minimum atomic E-state index is -0.989. The van der Waals surface area contributed by atoms with Gasteiger partial charge in [0.25, 0.3) is 0 Å². The number of aromatic nitrogens is 2. The van der Waals surface area contributed by atoms with E-state index in [0.717, 1.165) is 9.88 Å². The molecule has 2 aromatic rings. The molecule has 2 aromatic heterocycles. The molecule has 90 valence electrons. The molecule has 0 aromatic carbocycles. The third kappa shape index (κ3) is 2.35. The Labute approximate surface area is 107 Å². The van der Waals surface area contributed by atoms with E-state index in [1.165, 1.54) is 6.07 Å². The summed E-state index contributed by atoms with van der Waals surface area (Å²) in [5, 5.41) is 10.4. The number of aromatic carboxylic acids is 1. The third-order valence-electron chi connectivity index (χ3n) is 2.45. The molecule has 1 atom stereocenters. The summed E-state index contributed by atoms with van der Waals surface area (Å²) in [5.74, 6) is -0.989. The largest absolute Gasteiger partial charge is 0.477 e. The van der Waals surface area contributed by atoms with E-state index in [1.54, 1.807) is 28.3 Å². The molecular formula is C11H11ClN2O2S. The van der Waals surface area contributed by atoms with Gasteiger partial charge < -0.3 is 9.67 Å². The summed E-state index contributed by atoms with van der Waals surface area (Å²) in [6.07, 6.45) is 3.40. The molecule has 0 bridgehead atoms. The van der Waals surface area contributed by atoms with E-state index in [4.69, 9.17) is 16.7 Å². The van der Waals surface area contributed by atoms with Crippen LogP contribution in [-0.4, -0.2) is 20.6 Å². The van der Waals surface area contributed by atoms with E-state index in [1.807, 2.05) is 13.8 Å². The third-order valence-corrected chi connectivity index (χ3v) is 3.74. The Kier molecular flexibility index (Phi) is 3.22. The van der Waals surface area contributed by atoms with Crippen molar-refractivity contribution in [2.24, 2.45) is 0 Å². The first-order valence-electron chi connectivity index (χ1n) is 5.02. The van der Waals surface area contributed by atoms with Gasteiger partial charge in [-0.1, -0.05) is 11.6 Å². The Morgan fingerprint density at radius 2 is 2.35 bits per heavy atom. The number of nitrogens with zero attached hydrogens (tertiary/aromatic N) is 2. The summed E-state index contributed by atoms with van der Waals surface area (Å²) < 4.78 is 1.63. The van der Waals surface area contributed by atoms with E-state index in [-0.39, 0.29) is 11.7 Å². The lowest BCUT2D eigenvalue weighted by atomic mass is 10.3. The fourth-order valence-electron chi connectivity index (χ4n) is 1.62. The van der Waals surface area contributed by atoms with E-state index in [0.29, 0.717) is 5.02 Å². The predicted molar refractivity (Wildman–Crippen MR) is 67.1 cm³/mol. The number of hydrogen-bond acceptors (Lipinski definition) is 3. The van der Waals surface area contributed by atoms with Crippen molar-refractivity contribution in [3.63, 3.8) is 0 Å². The monoisotopic (exact) mass is 270 g/mol. The second-order valence-electron chi connectivity index (χ2n) is 3.74. The van der Waals surface area contributed by atoms with Gasteiger partial charge in [0, 0.05) is 17.3 Å².